The molecule has 2 heteroatoms. The van der Waals surface area contributed by atoms with Crippen LogP contribution in [0.2, 0.25) is 0 Å². The molecule has 0 aromatic carbocycles. The highest BCUT2D eigenvalue weighted by atomic mass is 16.1. The van der Waals surface area contributed by atoms with Gasteiger partial charge in [0.1, 0.15) is 0 Å². The van der Waals surface area contributed by atoms with Crippen LogP contribution in [-0.4, -0.2) is 6.08 Å². The summed E-state index contributed by atoms with van der Waals surface area (Å²) in [5, 5.41) is 5.40. The second kappa shape index (κ2) is 6.85. The fourth-order valence-corrected chi connectivity index (χ4v) is 1.95. The van der Waals surface area contributed by atoms with Gasteiger partial charge >= 0.3 is 0 Å². The molecule has 1 aliphatic rings. The van der Waals surface area contributed by atoms with Crippen LogP contribution in [0.5, 0.6) is 0 Å². The largest absolute Gasteiger partial charge is 0.231 e. The molecule has 0 heterocycles. The average molecular weight is 183 g/mol. The Bertz CT molecular complexity index is 151. The molecular weight excluding hydrogens is 162 g/mol. The molecule has 0 unspecified atom stereocenters. The van der Waals surface area contributed by atoms with Crippen molar-refractivity contribution < 1.29 is 4.79 Å². The van der Waals surface area contributed by atoms with Gasteiger partial charge in [0.25, 0.3) is 0 Å². The van der Waals surface area contributed by atoms with Gasteiger partial charge in [0, 0.05) is 0 Å². The van der Waals surface area contributed by atoms with Crippen LogP contribution in [0.15, 0.2) is 0 Å². The predicted molar refractivity (Wildman–Crippen MR) is 54.4 cm³/mol. The summed E-state index contributed by atoms with van der Waals surface area (Å²) in [5.41, 5.74) is 0. The zero-order valence-electron chi connectivity index (χ0n) is 8.97. The van der Waals surface area contributed by atoms with E-state index in [1.54, 1.807) is 0 Å². The SMILES string of the molecule is CC1CCC(C(C)C)CC1.N=C=O. The van der Waals surface area contributed by atoms with Gasteiger partial charge in [-0.15, -0.1) is 0 Å². The summed E-state index contributed by atoms with van der Waals surface area (Å²) in [5.74, 6) is 2.97. The normalized spacial score (nSPS) is 27.4. The van der Waals surface area contributed by atoms with Crippen LogP contribution in [0.25, 0.3) is 0 Å². The lowest BCUT2D eigenvalue weighted by Gasteiger charge is -2.28. The Balaban J connectivity index is 0.000000424. The maximum atomic E-state index is 8.35. The fourth-order valence-electron chi connectivity index (χ4n) is 1.95. The Labute approximate surface area is 81.2 Å². The van der Waals surface area contributed by atoms with Gasteiger partial charge in [0.2, 0.25) is 6.08 Å². The van der Waals surface area contributed by atoms with Crippen LogP contribution in [0, 0.1) is 23.2 Å². The third-order valence-electron chi connectivity index (χ3n) is 3.00. The Hall–Kier alpha value is -0.620. The zero-order chi connectivity index (χ0) is 10.3. The highest BCUT2D eigenvalue weighted by molar-refractivity contribution is 5.26. The van der Waals surface area contributed by atoms with E-state index in [1.165, 1.54) is 25.7 Å². The maximum Gasteiger partial charge on any atom is 0.231 e. The van der Waals surface area contributed by atoms with Crippen molar-refractivity contribution >= 4 is 6.08 Å². The second-order valence-electron chi connectivity index (χ2n) is 4.37. The summed E-state index contributed by atoms with van der Waals surface area (Å²) in [6, 6.07) is 0. The van der Waals surface area contributed by atoms with Gasteiger partial charge in [-0.05, 0) is 30.6 Å². The first-order valence-corrected chi connectivity index (χ1v) is 5.15. The van der Waals surface area contributed by atoms with Crippen molar-refractivity contribution in [3.8, 4) is 0 Å². The van der Waals surface area contributed by atoms with E-state index in [-0.39, 0.29) is 0 Å². The van der Waals surface area contributed by atoms with Gasteiger partial charge in [-0.1, -0.05) is 33.6 Å². The summed E-state index contributed by atoms with van der Waals surface area (Å²) < 4.78 is 0. The van der Waals surface area contributed by atoms with Crippen LogP contribution >= 0.6 is 0 Å². The van der Waals surface area contributed by atoms with Crippen molar-refractivity contribution in [3.63, 3.8) is 0 Å². The van der Waals surface area contributed by atoms with E-state index in [2.05, 4.69) is 20.8 Å². The van der Waals surface area contributed by atoms with Crippen molar-refractivity contribution in [2.75, 3.05) is 0 Å². The Morgan fingerprint density at radius 1 is 1.23 bits per heavy atom. The van der Waals surface area contributed by atoms with Crippen molar-refractivity contribution in [2.24, 2.45) is 17.8 Å². The first-order valence-electron chi connectivity index (χ1n) is 5.15. The third kappa shape index (κ3) is 5.59. The first-order chi connectivity index (χ1) is 6.11. The molecule has 2 nitrogen and oxygen atoms in total. The van der Waals surface area contributed by atoms with E-state index >= 15 is 0 Å². The van der Waals surface area contributed by atoms with E-state index < -0.39 is 0 Å². The molecule has 1 rings (SSSR count). The van der Waals surface area contributed by atoms with Gasteiger partial charge in [-0.3, -0.25) is 0 Å². The van der Waals surface area contributed by atoms with Crippen LogP contribution in [0.3, 0.4) is 0 Å². The molecule has 1 fully saturated rings. The molecule has 0 atom stereocenters. The van der Waals surface area contributed by atoms with E-state index in [9.17, 15) is 0 Å². The molecule has 0 aromatic heterocycles. The topological polar surface area (TPSA) is 40.9 Å². The van der Waals surface area contributed by atoms with Crippen LogP contribution < -0.4 is 0 Å². The number of isocyanates is 1. The van der Waals surface area contributed by atoms with Gasteiger partial charge < -0.3 is 0 Å². The second-order valence-corrected chi connectivity index (χ2v) is 4.37. The van der Waals surface area contributed by atoms with Gasteiger partial charge in [-0.2, -0.15) is 0 Å². The number of rotatable bonds is 1. The number of hydrogen-bond donors (Lipinski definition) is 1. The van der Waals surface area contributed by atoms with Gasteiger partial charge in [0.05, 0.1) is 0 Å². The number of carbonyl (C=O) groups excluding carboxylic acids is 1. The number of nitrogens with one attached hydrogen (secondary N) is 1. The minimum atomic E-state index is 0.750. The molecule has 1 N–H and O–H groups in total. The zero-order valence-corrected chi connectivity index (χ0v) is 8.97. The first kappa shape index (κ1) is 12.4. The lowest BCUT2D eigenvalue weighted by molar-refractivity contribution is 0.234. The highest BCUT2D eigenvalue weighted by Gasteiger charge is 2.19. The monoisotopic (exact) mass is 183 g/mol. The number of hydrogen-bond acceptors (Lipinski definition) is 2. The minimum absolute atomic E-state index is 0.750. The van der Waals surface area contributed by atoms with Crippen molar-refractivity contribution in [1.82, 2.24) is 0 Å². The standard InChI is InChI=1S/C10H20.CHNO/c1-8(2)10-6-4-9(3)5-7-10;2-1-3/h8-10H,4-7H2,1-3H3;2H. The van der Waals surface area contributed by atoms with E-state index in [1.807, 2.05) is 0 Å². The minimum Gasteiger partial charge on any atom is -0.222 e. The van der Waals surface area contributed by atoms with Crippen molar-refractivity contribution in [1.29, 1.82) is 5.41 Å². The molecule has 0 aromatic rings. The quantitative estimate of drug-likeness (QED) is 0.491. The Kier molecular flexibility index (Phi) is 6.52. The average Bonchev–Trinajstić information content (AvgIpc) is 2.06. The molecule has 1 saturated carbocycles. The molecule has 0 radical (unpaired) electrons. The predicted octanol–water partition coefficient (Wildman–Crippen LogP) is 3.37. The lowest BCUT2D eigenvalue weighted by Crippen LogP contribution is -2.16. The molecular formula is C11H21NO. The smallest absolute Gasteiger partial charge is 0.222 e. The summed E-state index contributed by atoms with van der Waals surface area (Å²) >= 11 is 0. The Morgan fingerprint density at radius 3 is 1.92 bits per heavy atom. The maximum absolute atomic E-state index is 8.35. The Morgan fingerprint density at radius 2 is 1.62 bits per heavy atom. The van der Waals surface area contributed by atoms with Gasteiger partial charge in [0.15, 0.2) is 0 Å². The van der Waals surface area contributed by atoms with Crippen LogP contribution in [-0.2, 0) is 4.79 Å². The summed E-state index contributed by atoms with van der Waals surface area (Å²) in [4.78, 5) is 8.35. The lowest BCUT2D eigenvalue weighted by atomic mass is 9.78. The molecule has 13 heavy (non-hydrogen) atoms. The molecule has 76 valence electrons. The van der Waals surface area contributed by atoms with Crippen molar-refractivity contribution in [2.45, 2.75) is 46.5 Å². The molecule has 0 amide bonds. The van der Waals surface area contributed by atoms with Gasteiger partial charge in [-0.25, -0.2) is 10.2 Å². The van der Waals surface area contributed by atoms with Crippen molar-refractivity contribution in [3.05, 3.63) is 0 Å². The van der Waals surface area contributed by atoms with E-state index in [0.717, 1.165) is 23.8 Å². The summed E-state index contributed by atoms with van der Waals surface area (Å²) in [6.07, 6.45) is 6.67. The molecule has 0 aliphatic heterocycles. The molecule has 0 saturated heterocycles. The van der Waals surface area contributed by atoms with Crippen LogP contribution in [0.4, 0.5) is 0 Å². The van der Waals surface area contributed by atoms with E-state index in [4.69, 9.17) is 10.2 Å². The molecule has 1 aliphatic carbocycles. The van der Waals surface area contributed by atoms with E-state index in [0.29, 0.717) is 0 Å². The molecule has 0 bridgehead atoms. The summed E-state index contributed by atoms with van der Waals surface area (Å²) in [7, 11) is 0. The third-order valence-corrected chi connectivity index (χ3v) is 3.00. The molecule has 0 spiro atoms. The van der Waals surface area contributed by atoms with Crippen LogP contribution in [0.1, 0.15) is 46.5 Å². The highest BCUT2D eigenvalue weighted by Crippen LogP contribution is 2.32. The fraction of sp³-hybridized carbons (Fsp3) is 0.909. The summed E-state index contributed by atoms with van der Waals surface area (Å²) in [6.45, 7) is 7.11.